The number of hydrogen-bond donors (Lipinski definition) is 2. The van der Waals surface area contributed by atoms with Crippen LogP contribution in [0.15, 0.2) is 0 Å². The van der Waals surface area contributed by atoms with Crippen molar-refractivity contribution in [1.82, 2.24) is 5.32 Å². The lowest BCUT2D eigenvalue weighted by molar-refractivity contribution is -0.136. The Labute approximate surface area is 133 Å². The van der Waals surface area contributed by atoms with Crippen LogP contribution in [0.4, 0.5) is 0 Å². The summed E-state index contributed by atoms with van der Waals surface area (Å²) in [5, 5.41) is 3.08. The molecule has 0 aromatic carbocycles. The van der Waals surface area contributed by atoms with E-state index in [9.17, 15) is 4.79 Å². The van der Waals surface area contributed by atoms with Gasteiger partial charge in [-0.2, -0.15) is 0 Å². The van der Waals surface area contributed by atoms with Gasteiger partial charge >= 0.3 is 0 Å². The number of nitrogens with one attached hydrogen (secondary N) is 1. The van der Waals surface area contributed by atoms with Crippen LogP contribution in [0.1, 0.15) is 45.4 Å². The van der Waals surface area contributed by atoms with Crippen LogP contribution < -0.4 is 11.1 Å². The van der Waals surface area contributed by atoms with E-state index in [0.29, 0.717) is 19.1 Å². The van der Waals surface area contributed by atoms with Gasteiger partial charge in [0.1, 0.15) is 6.10 Å². The third-order valence-corrected chi connectivity index (χ3v) is 4.46. The number of hydrogen-bond acceptors (Lipinski definition) is 4. The lowest BCUT2D eigenvalue weighted by Gasteiger charge is -2.25. The van der Waals surface area contributed by atoms with E-state index < -0.39 is 6.10 Å². The maximum atomic E-state index is 12.1. The third-order valence-electron chi connectivity index (χ3n) is 4.46. The van der Waals surface area contributed by atoms with E-state index in [1.54, 1.807) is 0 Å². The molecule has 0 bridgehead atoms. The maximum absolute atomic E-state index is 12.1. The molecule has 1 saturated heterocycles. The molecular weight excluding hydrogens is 292 g/mol. The highest BCUT2D eigenvalue weighted by Gasteiger charge is 2.29. The van der Waals surface area contributed by atoms with Gasteiger partial charge in [0.2, 0.25) is 5.91 Å². The van der Waals surface area contributed by atoms with E-state index in [-0.39, 0.29) is 30.5 Å². The zero-order valence-electron chi connectivity index (χ0n) is 12.9. The van der Waals surface area contributed by atoms with E-state index >= 15 is 0 Å². The molecular formula is C15H29ClN2O3. The molecule has 1 saturated carbocycles. The summed E-state index contributed by atoms with van der Waals surface area (Å²) in [6.45, 7) is 3.79. The Morgan fingerprint density at radius 3 is 2.81 bits per heavy atom. The molecule has 2 rings (SSSR count). The van der Waals surface area contributed by atoms with Crippen molar-refractivity contribution in [3.05, 3.63) is 0 Å². The summed E-state index contributed by atoms with van der Waals surface area (Å²) >= 11 is 0. The molecule has 4 unspecified atom stereocenters. The van der Waals surface area contributed by atoms with Crippen molar-refractivity contribution in [1.29, 1.82) is 0 Å². The van der Waals surface area contributed by atoms with Crippen molar-refractivity contribution in [2.24, 2.45) is 11.7 Å². The van der Waals surface area contributed by atoms with Crippen molar-refractivity contribution < 1.29 is 14.3 Å². The van der Waals surface area contributed by atoms with Gasteiger partial charge in [0.25, 0.3) is 0 Å². The SMILES string of the molecule is CC(OCC1CCCCO1)C(=O)NC1CCCC1CN.Cl. The van der Waals surface area contributed by atoms with Gasteiger partial charge in [-0.05, 0) is 51.5 Å². The Hall–Kier alpha value is -0.360. The molecule has 0 radical (unpaired) electrons. The molecule has 6 heteroatoms. The minimum absolute atomic E-state index is 0. The number of rotatable bonds is 6. The van der Waals surface area contributed by atoms with E-state index in [4.69, 9.17) is 15.2 Å². The van der Waals surface area contributed by atoms with Crippen LogP contribution in [0.5, 0.6) is 0 Å². The summed E-state index contributed by atoms with van der Waals surface area (Å²) in [5.74, 6) is 0.402. The van der Waals surface area contributed by atoms with Crippen LogP contribution in [0.25, 0.3) is 0 Å². The van der Waals surface area contributed by atoms with Crippen molar-refractivity contribution >= 4 is 18.3 Å². The molecule has 2 fully saturated rings. The quantitative estimate of drug-likeness (QED) is 0.780. The van der Waals surface area contributed by atoms with Crippen molar-refractivity contribution in [2.75, 3.05) is 19.8 Å². The molecule has 124 valence electrons. The van der Waals surface area contributed by atoms with Gasteiger partial charge < -0.3 is 20.5 Å². The van der Waals surface area contributed by atoms with Gasteiger partial charge in [0.05, 0.1) is 12.7 Å². The molecule has 1 amide bonds. The van der Waals surface area contributed by atoms with Crippen LogP contribution in [0.3, 0.4) is 0 Å². The Bertz CT molecular complexity index is 311. The van der Waals surface area contributed by atoms with Crippen LogP contribution in [0, 0.1) is 5.92 Å². The zero-order chi connectivity index (χ0) is 14.4. The average Bonchev–Trinajstić information content (AvgIpc) is 2.93. The fourth-order valence-electron chi connectivity index (χ4n) is 3.08. The Kier molecular flexibility index (Phi) is 8.56. The Morgan fingerprint density at radius 1 is 1.33 bits per heavy atom. The second-order valence-corrected chi connectivity index (χ2v) is 6.01. The van der Waals surface area contributed by atoms with Crippen LogP contribution in [-0.2, 0) is 14.3 Å². The number of ether oxygens (including phenoxy) is 2. The summed E-state index contributed by atoms with van der Waals surface area (Å²) in [7, 11) is 0. The number of nitrogens with two attached hydrogens (primary N) is 1. The molecule has 1 heterocycles. The van der Waals surface area contributed by atoms with Gasteiger partial charge in [0, 0.05) is 12.6 Å². The zero-order valence-corrected chi connectivity index (χ0v) is 13.7. The van der Waals surface area contributed by atoms with Crippen molar-refractivity contribution in [3.8, 4) is 0 Å². The standard InChI is InChI=1S/C15H28N2O3.ClH/c1-11(20-10-13-6-2-3-8-19-13)15(18)17-14-7-4-5-12(14)9-16;/h11-14H,2-10,16H2,1H3,(H,17,18);1H. The first-order valence-electron chi connectivity index (χ1n) is 7.94. The summed E-state index contributed by atoms with van der Waals surface area (Å²) in [6, 6.07) is 0.226. The molecule has 0 aromatic heterocycles. The molecule has 1 aliphatic carbocycles. The van der Waals surface area contributed by atoms with E-state index in [2.05, 4.69) is 5.32 Å². The highest BCUT2D eigenvalue weighted by atomic mass is 35.5. The molecule has 0 aromatic rings. The lowest BCUT2D eigenvalue weighted by atomic mass is 10.0. The number of amides is 1. The highest BCUT2D eigenvalue weighted by Crippen LogP contribution is 2.24. The van der Waals surface area contributed by atoms with Crippen LogP contribution >= 0.6 is 12.4 Å². The topological polar surface area (TPSA) is 73.6 Å². The second-order valence-electron chi connectivity index (χ2n) is 6.01. The van der Waals surface area contributed by atoms with Crippen LogP contribution in [0.2, 0.25) is 0 Å². The predicted octanol–water partition coefficient (Wildman–Crippen LogP) is 1.63. The normalized spacial score (nSPS) is 30.5. The first kappa shape index (κ1) is 18.7. The van der Waals surface area contributed by atoms with E-state index in [1.807, 2.05) is 6.92 Å². The molecule has 3 N–H and O–H groups in total. The fourth-order valence-corrected chi connectivity index (χ4v) is 3.08. The molecule has 5 nitrogen and oxygen atoms in total. The van der Waals surface area contributed by atoms with Gasteiger partial charge in [0.15, 0.2) is 0 Å². The number of carbonyl (C=O) groups is 1. The predicted molar refractivity (Wildman–Crippen MR) is 84.6 cm³/mol. The summed E-state index contributed by atoms with van der Waals surface area (Å²) in [4.78, 5) is 12.1. The smallest absolute Gasteiger partial charge is 0.249 e. The second kappa shape index (κ2) is 9.62. The monoisotopic (exact) mass is 320 g/mol. The van der Waals surface area contributed by atoms with E-state index in [1.165, 1.54) is 6.42 Å². The Balaban J connectivity index is 0.00000220. The summed E-state index contributed by atoms with van der Waals surface area (Å²) in [6.07, 6.45) is 6.40. The molecule has 0 spiro atoms. The summed E-state index contributed by atoms with van der Waals surface area (Å²) < 4.78 is 11.3. The third kappa shape index (κ3) is 5.74. The fraction of sp³-hybridized carbons (Fsp3) is 0.933. The molecule has 4 atom stereocenters. The molecule has 21 heavy (non-hydrogen) atoms. The minimum atomic E-state index is -0.417. The van der Waals surface area contributed by atoms with Crippen molar-refractivity contribution in [2.45, 2.75) is 63.7 Å². The van der Waals surface area contributed by atoms with Gasteiger partial charge in [-0.15, -0.1) is 12.4 Å². The first-order valence-corrected chi connectivity index (χ1v) is 7.94. The number of carbonyl (C=O) groups excluding carboxylic acids is 1. The van der Waals surface area contributed by atoms with Gasteiger partial charge in [-0.1, -0.05) is 6.42 Å². The first-order chi connectivity index (χ1) is 9.70. The largest absolute Gasteiger partial charge is 0.376 e. The molecule has 2 aliphatic rings. The highest BCUT2D eigenvalue weighted by molar-refractivity contribution is 5.85. The Morgan fingerprint density at radius 2 is 2.14 bits per heavy atom. The molecule has 1 aliphatic heterocycles. The summed E-state index contributed by atoms with van der Waals surface area (Å²) in [5.41, 5.74) is 5.73. The van der Waals surface area contributed by atoms with Gasteiger partial charge in [-0.3, -0.25) is 4.79 Å². The maximum Gasteiger partial charge on any atom is 0.249 e. The van der Waals surface area contributed by atoms with Crippen LogP contribution in [-0.4, -0.2) is 43.9 Å². The average molecular weight is 321 g/mol. The number of halogens is 1. The lowest BCUT2D eigenvalue weighted by Crippen LogP contribution is -2.45. The van der Waals surface area contributed by atoms with Gasteiger partial charge in [-0.25, -0.2) is 0 Å². The van der Waals surface area contributed by atoms with E-state index in [0.717, 1.165) is 38.7 Å². The minimum Gasteiger partial charge on any atom is -0.376 e. The van der Waals surface area contributed by atoms with Crippen molar-refractivity contribution in [3.63, 3.8) is 0 Å².